The van der Waals surface area contributed by atoms with E-state index < -0.39 is 10.0 Å². The summed E-state index contributed by atoms with van der Waals surface area (Å²) in [5.74, 6) is 0.735. The molecular weight excluding hydrogens is 288 g/mol. The van der Waals surface area contributed by atoms with Gasteiger partial charge in [-0.25, -0.2) is 13.4 Å². The molecule has 112 valence electrons. The molecule has 0 saturated carbocycles. The fraction of sp³-hybridized carbons (Fsp3) is 0.571. The third kappa shape index (κ3) is 2.24. The summed E-state index contributed by atoms with van der Waals surface area (Å²) in [5.41, 5.74) is -0.0254. The summed E-state index contributed by atoms with van der Waals surface area (Å²) in [5, 5.41) is 12.4. The number of fused-ring (bicyclic) bond motifs is 1. The molecule has 1 aromatic heterocycles. The summed E-state index contributed by atoms with van der Waals surface area (Å²) in [6, 6.07) is 4.92. The van der Waals surface area contributed by atoms with E-state index in [1.165, 1.54) is 12.3 Å². The van der Waals surface area contributed by atoms with Crippen LogP contribution in [0.15, 0.2) is 23.2 Å². The van der Waals surface area contributed by atoms with Gasteiger partial charge in [-0.05, 0) is 43.5 Å². The van der Waals surface area contributed by atoms with Crippen molar-refractivity contribution < 1.29 is 8.42 Å². The molecular formula is C14H18N4O2S. The van der Waals surface area contributed by atoms with Gasteiger partial charge in [-0.15, -0.1) is 0 Å². The minimum atomic E-state index is -3.66. The predicted molar refractivity (Wildman–Crippen MR) is 76.8 cm³/mol. The van der Waals surface area contributed by atoms with Gasteiger partial charge in [-0.1, -0.05) is 6.92 Å². The van der Waals surface area contributed by atoms with Gasteiger partial charge in [0.25, 0.3) is 0 Å². The molecule has 2 saturated heterocycles. The van der Waals surface area contributed by atoms with Crippen molar-refractivity contribution in [1.29, 1.82) is 5.26 Å². The number of pyridine rings is 1. The molecule has 2 aliphatic rings. The van der Waals surface area contributed by atoms with Crippen LogP contribution in [0.3, 0.4) is 0 Å². The van der Waals surface area contributed by atoms with Crippen LogP contribution in [-0.4, -0.2) is 43.4 Å². The van der Waals surface area contributed by atoms with Crippen LogP contribution in [0.2, 0.25) is 0 Å². The van der Waals surface area contributed by atoms with Crippen LogP contribution in [0.5, 0.6) is 0 Å². The first-order chi connectivity index (χ1) is 10.1. The Morgan fingerprint density at radius 2 is 2.33 bits per heavy atom. The number of hydrogen-bond acceptors (Lipinski definition) is 5. The van der Waals surface area contributed by atoms with Crippen molar-refractivity contribution in [2.24, 2.45) is 11.8 Å². The maximum atomic E-state index is 12.9. The number of nitriles is 1. The molecule has 3 unspecified atom stereocenters. The van der Waals surface area contributed by atoms with Crippen LogP contribution in [0, 0.1) is 23.2 Å². The third-order valence-electron chi connectivity index (χ3n) is 4.55. The van der Waals surface area contributed by atoms with Crippen molar-refractivity contribution in [3.8, 4) is 6.07 Å². The Hall–Kier alpha value is -1.49. The van der Waals surface area contributed by atoms with Gasteiger partial charge in [0, 0.05) is 18.8 Å². The molecule has 1 N–H and O–H groups in total. The Morgan fingerprint density at radius 1 is 1.52 bits per heavy atom. The number of sulfonamides is 1. The van der Waals surface area contributed by atoms with Crippen molar-refractivity contribution in [2.45, 2.75) is 24.3 Å². The Balaban J connectivity index is 2.01. The molecule has 0 aliphatic carbocycles. The van der Waals surface area contributed by atoms with E-state index in [1.54, 1.807) is 10.4 Å². The monoisotopic (exact) mass is 306 g/mol. The second-order valence-corrected chi connectivity index (χ2v) is 7.45. The molecule has 3 rings (SSSR count). The predicted octanol–water partition coefficient (Wildman–Crippen LogP) is 0.572. The van der Waals surface area contributed by atoms with Crippen molar-refractivity contribution in [1.82, 2.24) is 14.6 Å². The highest BCUT2D eigenvalue weighted by Crippen LogP contribution is 2.38. The maximum absolute atomic E-state index is 12.9. The van der Waals surface area contributed by atoms with Gasteiger partial charge >= 0.3 is 0 Å². The zero-order valence-electron chi connectivity index (χ0n) is 11.9. The van der Waals surface area contributed by atoms with Gasteiger partial charge in [0.1, 0.15) is 11.0 Å². The molecule has 2 fully saturated rings. The molecule has 0 bridgehead atoms. The number of hydrogen-bond donors (Lipinski definition) is 1. The van der Waals surface area contributed by atoms with Gasteiger partial charge < -0.3 is 5.32 Å². The molecule has 2 aliphatic heterocycles. The van der Waals surface area contributed by atoms with E-state index in [4.69, 9.17) is 5.26 Å². The van der Waals surface area contributed by atoms with Crippen LogP contribution in [0.25, 0.3) is 0 Å². The van der Waals surface area contributed by atoms with Gasteiger partial charge in [0.15, 0.2) is 5.69 Å². The van der Waals surface area contributed by atoms with Crippen LogP contribution in [-0.2, 0) is 10.0 Å². The molecule has 1 aromatic rings. The molecule has 3 atom stereocenters. The molecule has 0 aromatic carbocycles. The third-order valence-corrected chi connectivity index (χ3v) is 6.47. The highest BCUT2D eigenvalue weighted by molar-refractivity contribution is 7.89. The van der Waals surface area contributed by atoms with E-state index in [0.29, 0.717) is 18.4 Å². The van der Waals surface area contributed by atoms with Crippen LogP contribution in [0.1, 0.15) is 19.0 Å². The van der Waals surface area contributed by atoms with E-state index in [-0.39, 0.29) is 16.6 Å². The number of nitrogens with zero attached hydrogens (tertiary/aromatic N) is 3. The number of rotatable bonds is 3. The molecule has 0 spiro atoms. The van der Waals surface area contributed by atoms with Crippen LogP contribution >= 0.6 is 0 Å². The summed E-state index contributed by atoms with van der Waals surface area (Å²) < 4.78 is 27.4. The lowest BCUT2D eigenvalue weighted by Crippen LogP contribution is -2.39. The van der Waals surface area contributed by atoms with Crippen LogP contribution < -0.4 is 5.32 Å². The number of aromatic nitrogens is 1. The second-order valence-electron chi connectivity index (χ2n) is 5.59. The van der Waals surface area contributed by atoms with E-state index in [2.05, 4.69) is 10.3 Å². The average molecular weight is 306 g/mol. The Kier molecular flexibility index (Phi) is 3.69. The summed E-state index contributed by atoms with van der Waals surface area (Å²) in [6.45, 7) is 4.28. The standard InChI is InChI=1S/C14H18N4O2S/c1-2-13-11-8-16-7-10(11)9-18(13)21(19,20)14-4-3-5-17-12(14)6-15/h3-5,10-11,13,16H,2,7-9H2,1H3. The average Bonchev–Trinajstić information content (AvgIpc) is 3.07. The summed E-state index contributed by atoms with van der Waals surface area (Å²) >= 11 is 0. The molecule has 7 heteroatoms. The van der Waals surface area contributed by atoms with Crippen molar-refractivity contribution in [3.05, 3.63) is 24.0 Å². The minimum Gasteiger partial charge on any atom is -0.316 e. The molecule has 21 heavy (non-hydrogen) atoms. The Labute approximate surface area is 124 Å². The first-order valence-corrected chi connectivity index (χ1v) is 8.61. The normalized spacial score (nSPS) is 29.2. The second kappa shape index (κ2) is 5.37. The van der Waals surface area contributed by atoms with Gasteiger partial charge in [-0.3, -0.25) is 0 Å². The fourth-order valence-electron chi connectivity index (χ4n) is 3.58. The minimum absolute atomic E-state index is 0.00162. The van der Waals surface area contributed by atoms with Gasteiger partial charge in [-0.2, -0.15) is 9.57 Å². The zero-order chi connectivity index (χ0) is 15.0. The Bertz CT molecular complexity index is 682. The highest BCUT2D eigenvalue weighted by atomic mass is 32.2. The van der Waals surface area contributed by atoms with Gasteiger partial charge in [0.05, 0.1) is 0 Å². The smallest absolute Gasteiger partial charge is 0.246 e. The topological polar surface area (TPSA) is 86.1 Å². The van der Waals surface area contributed by atoms with E-state index in [9.17, 15) is 8.42 Å². The summed E-state index contributed by atoms with van der Waals surface area (Å²) in [4.78, 5) is 3.91. The highest BCUT2D eigenvalue weighted by Gasteiger charge is 2.48. The van der Waals surface area contributed by atoms with Crippen molar-refractivity contribution in [3.63, 3.8) is 0 Å². The largest absolute Gasteiger partial charge is 0.316 e. The molecule has 0 radical (unpaired) electrons. The lowest BCUT2D eigenvalue weighted by molar-refractivity contribution is 0.329. The molecule has 6 nitrogen and oxygen atoms in total. The maximum Gasteiger partial charge on any atom is 0.246 e. The van der Waals surface area contributed by atoms with Gasteiger partial charge in [0.2, 0.25) is 10.0 Å². The fourth-order valence-corrected chi connectivity index (χ4v) is 5.47. The molecule has 0 amide bonds. The van der Waals surface area contributed by atoms with Crippen LogP contribution in [0.4, 0.5) is 0 Å². The van der Waals surface area contributed by atoms with E-state index in [0.717, 1.165) is 19.5 Å². The van der Waals surface area contributed by atoms with E-state index in [1.807, 2.05) is 13.0 Å². The first kappa shape index (κ1) is 14.4. The zero-order valence-corrected chi connectivity index (χ0v) is 12.7. The summed E-state index contributed by atoms with van der Waals surface area (Å²) in [6.07, 6.45) is 2.22. The Morgan fingerprint density at radius 3 is 3.05 bits per heavy atom. The van der Waals surface area contributed by atoms with Crippen molar-refractivity contribution >= 4 is 10.0 Å². The molecule has 3 heterocycles. The quantitative estimate of drug-likeness (QED) is 0.882. The SMILES string of the molecule is CCC1C2CNCC2CN1S(=O)(=O)c1cccnc1C#N. The summed E-state index contributed by atoms with van der Waals surface area (Å²) in [7, 11) is -3.66. The lowest BCUT2D eigenvalue weighted by atomic mass is 9.93. The number of nitrogens with one attached hydrogen (secondary N) is 1. The van der Waals surface area contributed by atoms with Crippen molar-refractivity contribution in [2.75, 3.05) is 19.6 Å². The van der Waals surface area contributed by atoms with E-state index >= 15 is 0 Å². The lowest BCUT2D eigenvalue weighted by Gasteiger charge is -2.26. The first-order valence-electron chi connectivity index (χ1n) is 7.17.